The summed E-state index contributed by atoms with van der Waals surface area (Å²) in [5.41, 5.74) is -0.895. The predicted molar refractivity (Wildman–Crippen MR) is 32.5 cm³/mol. The van der Waals surface area contributed by atoms with Gasteiger partial charge in [0.15, 0.2) is 5.54 Å². The number of amides is 3. The molecule has 0 atom stereocenters. The maximum atomic E-state index is 10.8. The molecule has 0 unspecified atom stereocenters. The molecule has 1 aliphatic heterocycles. The molecule has 0 aromatic rings. The summed E-state index contributed by atoms with van der Waals surface area (Å²) >= 11 is 0. The molecule has 0 fully saturated rings. The van der Waals surface area contributed by atoms with Gasteiger partial charge in [-0.3, -0.25) is 10.1 Å². The molecule has 5 nitrogen and oxygen atoms in total. The van der Waals surface area contributed by atoms with Crippen molar-refractivity contribution in [2.45, 2.75) is 19.4 Å². The number of carbonyl (C=O) groups is 2. The highest BCUT2D eigenvalue weighted by molar-refractivity contribution is 6.00. The van der Waals surface area contributed by atoms with E-state index >= 15 is 0 Å². The SMILES string of the molecule is CC1(C)N=NC(=O)NC1=O. The van der Waals surface area contributed by atoms with E-state index in [0.717, 1.165) is 0 Å². The zero-order valence-corrected chi connectivity index (χ0v) is 5.71. The van der Waals surface area contributed by atoms with Crippen molar-refractivity contribution in [1.29, 1.82) is 0 Å². The van der Waals surface area contributed by atoms with E-state index in [9.17, 15) is 9.59 Å². The monoisotopic (exact) mass is 141 g/mol. The van der Waals surface area contributed by atoms with Gasteiger partial charge in [-0.1, -0.05) is 5.11 Å². The van der Waals surface area contributed by atoms with Crippen LogP contribution in [0.3, 0.4) is 0 Å². The van der Waals surface area contributed by atoms with E-state index in [4.69, 9.17) is 0 Å². The fourth-order valence-corrected chi connectivity index (χ4v) is 0.491. The maximum Gasteiger partial charge on any atom is 0.365 e. The number of nitrogens with zero attached hydrogens (tertiary/aromatic N) is 2. The van der Waals surface area contributed by atoms with Crippen LogP contribution in [0.15, 0.2) is 10.2 Å². The summed E-state index contributed by atoms with van der Waals surface area (Å²) < 4.78 is 0. The summed E-state index contributed by atoms with van der Waals surface area (Å²) in [5.74, 6) is -0.410. The van der Waals surface area contributed by atoms with Crippen LogP contribution in [0.1, 0.15) is 13.8 Å². The number of imide groups is 1. The summed E-state index contributed by atoms with van der Waals surface area (Å²) in [5, 5.41) is 8.71. The van der Waals surface area contributed by atoms with Gasteiger partial charge in [-0.15, -0.1) is 0 Å². The molecular weight excluding hydrogens is 134 g/mol. The third kappa shape index (κ3) is 1.02. The Bertz CT molecular complexity index is 219. The molecule has 5 heteroatoms. The van der Waals surface area contributed by atoms with Crippen LogP contribution >= 0.6 is 0 Å². The van der Waals surface area contributed by atoms with Crippen LogP contribution in [0.4, 0.5) is 4.79 Å². The first-order chi connectivity index (χ1) is 4.52. The van der Waals surface area contributed by atoms with E-state index < -0.39 is 17.5 Å². The van der Waals surface area contributed by atoms with Crippen molar-refractivity contribution >= 4 is 11.9 Å². The zero-order valence-electron chi connectivity index (χ0n) is 5.71. The molecule has 1 rings (SSSR count). The number of urea groups is 1. The lowest BCUT2D eigenvalue weighted by Crippen LogP contribution is -2.45. The highest BCUT2D eigenvalue weighted by Gasteiger charge is 2.32. The van der Waals surface area contributed by atoms with Gasteiger partial charge in [-0.25, -0.2) is 4.79 Å². The highest BCUT2D eigenvalue weighted by Crippen LogP contribution is 2.12. The Balaban J connectivity index is 2.93. The Morgan fingerprint density at radius 2 is 2.00 bits per heavy atom. The minimum absolute atomic E-state index is 0.410. The highest BCUT2D eigenvalue weighted by atomic mass is 16.2. The molecule has 0 aromatic heterocycles. The summed E-state index contributed by atoms with van der Waals surface area (Å²) in [4.78, 5) is 21.2. The Kier molecular flexibility index (Phi) is 1.28. The van der Waals surface area contributed by atoms with Gasteiger partial charge in [0, 0.05) is 0 Å². The number of carbonyl (C=O) groups excluding carboxylic acids is 2. The van der Waals surface area contributed by atoms with E-state index in [1.807, 2.05) is 5.32 Å². The molecule has 1 heterocycles. The summed E-state index contributed by atoms with van der Waals surface area (Å²) in [6, 6.07) is -0.690. The summed E-state index contributed by atoms with van der Waals surface area (Å²) in [6.45, 7) is 3.16. The third-order valence-corrected chi connectivity index (χ3v) is 1.17. The van der Waals surface area contributed by atoms with Crippen molar-refractivity contribution in [3.8, 4) is 0 Å². The smallest absolute Gasteiger partial charge is 0.273 e. The lowest BCUT2D eigenvalue weighted by molar-refractivity contribution is -0.124. The largest absolute Gasteiger partial charge is 0.365 e. The molecule has 0 aromatic carbocycles. The maximum absolute atomic E-state index is 10.8. The number of hydrogen-bond acceptors (Lipinski definition) is 3. The molecule has 0 bridgehead atoms. The van der Waals surface area contributed by atoms with Gasteiger partial charge >= 0.3 is 6.03 Å². The van der Waals surface area contributed by atoms with Crippen LogP contribution in [-0.4, -0.2) is 17.5 Å². The van der Waals surface area contributed by atoms with Gasteiger partial charge in [0.25, 0.3) is 5.91 Å². The minimum Gasteiger partial charge on any atom is -0.273 e. The van der Waals surface area contributed by atoms with Crippen LogP contribution in [0.25, 0.3) is 0 Å². The van der Waals surface area contributed by atoms with Crippen molar-refractivity contribution < 1.29 is 9.59 Å². The summed E-state index contributed by atoms with van der Waals surface area (Å²) in [7, 11) is 0. The van der Waals surface area contributed by atoms with Crippen LogP contribution in [-0.2, 0) is 4.79 Å². The van der Waals surface area contributed by atoms with E-state index in [-0.39, 0.29) is 0 Å². The number of azo groups is 1. The van der Waals surface area contributed by atoms with Gasteiger partial charge in [-0.2, -0.15) is 5.11 Å². The Hall–Kier alpha value is -1.26. The molecule has 3 amide bonds. The van der Waals surface area contributed by atoms with Gasteiger partial charge in [0.05, 0.1) is 0 Å². The van der Waals surface area contributed by atoms with E-state index in [2.05, 4.69) is 10.2 Å². The quantitative estimate of drug-likeness (QED) is 0.532. The van der Waals surface area contributed by atoms with Crippen LogP contribution in [0, 0.1) is 0 Å². The topological polar surface area (TPSA) is 70.9 Å². The normalized spacial score (nSPS) is 22.6. The Labute approximate surface area is 57.5 Å². The van der Waals surface area contributed by atoms with E-state index in [1.165, 1.54) is 0 Å². The second-order valence-electron chi connectivity index (χ2n) is 2.52. The molecule has 10 heavy (non-hydrogen) atoms. The van der Waals surface area contributed by atoms with E-state index in [0.29, 0.717) is 0 Å². The molecule has 1 aliphatic rings. The van der Waals surface area contributed by atoms with Crippen molar-refractivity contribution in [2.24, 2.45) is 10.2 Å². The fraction of sp³-hybridized carbons (Fsp3) is 0.600. The Morgan fingerprint density at radius 3 is 2.40 bits per heavy atom. The molecule has 0 spiro atoms. The third-order valence-electron chi connectivity index (χ3n) is 1.17. The first-order valence-corrected chi connectivity index (χ1v) is 2.81. The average Bonchev–Trinajstić information content (AvgIpc) is 1.81. The lowest BCUT2D eigenvalue weighted by atomic mass is 10.1. The number of rotatable bonds is 0. The molecule has 54 valence electrons. The molecule has 0 radical (unpaired) electrons. The van der Waals surface area contributed by atoms with Crippen molar-refractivity contribution in [2.75, 3.05) is 0 Å². The molecule has 0 saturated carbocycles. The van der Waals surface area contributed by atoms with Crippen molar-refractivity contribution in [3.05, 3.63) is 0 Å². The second kappa shape index (κ2) is 1.86. The van der Waals surface area contributed by atoms with Gasteiger partial charge in [0.2, 0.25) is 0 Å². The Morgan fingerprint density at radius 1 is 1.40 bits per heavy atom. The van der Waals surface area contributed by atoms with Gasteiger partial charge in [0.1, 0.15) is 0 Å². The minimum atomic E-state index is -0.895. The molecule has 0 saturated heterocycles. The first-order valence-electron chi connectivity index (χ1n) is 2.81. The second-order valence-corrected chi connectivity index (χ2v) is 2.52. The molecular formula is C5H7N3O2. The first kappa shape index (κ1) is 6.85. The molecule has 1 N–H and O–H groups in total. The van der Waals surface area contributed by atoms with Crippen LogP contribution in [0.2, 0.25) is 0 Å². The van der Waals surface area contributed by atoms with Gasteiger partial charge in [-0.05, 0) is 13.8 Å². The summed E-state index contributed by atoms with van der Waals surface area (Å²) in [6.07, 6.45) is 0. The number of nitrogens with one attached hydrogen (secondary N) is 1. The zero-order chi connectivity index (χ0) is 7.78. The standard InChI is InChI=1S/C5H7N3O2/c1-5(2)3(9)6-4(10)7-8-5/h1-2H3,(H,6,9,10). The van der Waals surface area contributed by atoms with Crippen molar-refractivity contribution in [1.82, 2.24) is 5.32 Å². The van der Waals surface area contributed by atoms with E-state index in [1.54, 1.807) is 13.8 Å². The number of hydrogen-bond donors (Lipinski definition) is 1. The van der Waals surface area contributed by atoms with Crippen molar-refractivity contribution in [3.63, 3.8) is 0 Å². The van der Waals surface area contributed by atoms with Gasteiger partial charge < -0.3 is 0 Å². The molecule has 0 aliphatic carbocycles. The van der Waals surface area contributed by atoms with Crippen LogP contribution in [0.5, 0.6) is 0 Å². The fourth-order valence-electron chi connectivity index (χ4n) is 0.491. The van der Waals surface area contributed by atoms with Crippen LogP contribution < -0.4 is 5.32 Å². The predicted octanol–water partition coefficient (Wildman–Crippen LogP) is 0.467. The lowest BCUT2D eigenvalue weighted by Gasteiger charge is -2.18. The average molecular weight is 141 g/mol.